The molecule has 0 spiro atoms. The van der Waals surface area contributed by atoms with Crippen LogP contribution in [-0.4, -0.2) is 39.2 Å². The van der Waals surface area contributed by atoms with Crippen LogP contribution in [0.3, 0.4) is 0 Å². The third kappa shape index (κ3) is 2.08. The molecule has 0 bridgehead atoms. The maximum Gasteiger partial charge on any atom is 0.102 e. The monoisotopic (exact) mass is 214 g/mol. The number of nitrogens with zero attached hydrogens (tertiary/aromatic N) is 3. The standard InChI is InChI=1S/C8H14N4OS/c1-12-10-4-6(11-12)8(9)7-5-14-3-2-13-7/h4,7-8H,2-3,5,9H2,1H3. The first-order valence-electron chi connectivity index (χ1n) is 4.58. The Hall–Kier alpha value is -0.590. The fourth-order valence-corrected chi connectivity index (χ4v) is 2.33. The Morgan fingerprint density at radius 3 is 3.21 bits per heavy atom. The lowest BCUT2D eigenvalue weighted by atomic mass is 10.1. The van der Waals surface area contributed by atoms with Crippen molar-refractivity contribution in [3.05, 3.63) is 11.9 Å². The van der Waals surface area contributed by atoms with Gasteiger partial charge in [0.15, 0.2) is 0 Å². The summed E-state index contributed by atoms with van der Waals surface area (Å²) in [6.45, 7) is 0.781. The number of rotatable bonds is 2. The number of hydrogen-bond acceptors (Lipinski definition) is 5. The molecule has 0 amide bonds. The van der Waals surface area contributed by atoms with E-state index in [1.165, 1.54) is 4.80 Å². The van der Waals surface area contributed by atoms with Crippen molar-refractivity contribution in [2.24, 2.45) is 12.8 Å². The van der Waals surface area contributed by atoms with Crippen molar-refractivity contribution < 1.29 is 4.74 Å². The van der Waals surface area contributed by atoms with E-state index in [0.29, 0.717) is 0 Å². The Bertz CT molecular complexity index is 297. The summed E-state index contributed by atoms with van der Waals surface area (Å²) in [4.78, 5) is 1.52. The van der Waals surface area contributed by atoms with Crippen LogP contribution in [0.15, 0.2) is 6.20 Å². The van der Waals surface area contributed by atoms with Gasteiger partial charge in [-0.15, -0.1) is 0 Å². The number of hydrogen-bond donors (Lipinski definition) is 1. The van der Waals surface area contributed by atoms with Crippen molar-refractivity contribution in [1.29, 1.82) is 0 Å². The molecule has 1 saturated heterocycles. The van der Waals surface area contributed by atoms with Crippen LogP contribution in [0.4, 0.5) is 0 Å². The van der Waals surface area contributed by atoms with Gasteiger partial charge in [-0.05, 0) is 0 Å². The predicted molar refractivity (Wildman–Crippen MR) is 55.0 cm³/mol. The molecule has 2 unspecified atom stereocenters. The second-order valence-electron chi connectivity index (χ2n) is 3.27. The zero-order chi connectivity index (χ0) is 9.97. The minimum atomic E-state index is -0.156. The first-order valence-corrected chi connectivity index (χ1v) is 5.74. The lowest BCUT2D eigenvalue weighted by Crippen LogP contribution is -2.34. The molecular formula is C8H14N4OS. The molecule has 78 valence electrons. The number of thioether (sulfide) groups is 1. The van der Waals surface area contributed by atoms with Crippen molar-refractivity contribution >= 4 is 11.8 Å². The lowest BCUT2D eigenvalue weighted by Gasteiger charge is -2.26. The van der Waals surface area contributed by atoms with Gasteiger partial charge in [-0.25, -0.2) is 0 Å². The first-order chi connectivity index (χ1) is 6.77. The highest BCUT2D eigenvalue weighted by molar-refractivity contribution is 7.99. The molecule has 1 aromatic rings. The molecular weight excluding hydrogens is 200 g/mol. The van der Waals surface area contributed by atoms with E-state index in [1.807, 2.05) is 11.8 Å². The first kappa shape index (κ1) is 9.95. The van der Waals surface area contributed by atoms with E-state index in [0.717, 1.165) is 23.8 Å². The van der Waals surface area contributed by atoms with Gasteiger partial charge in [0.25, 0.3) is 0 Å². The quantitative estimate of drug-likeness (QED) is 0.747. The van der Waals surface area contributed by atoms with Gasteiger partial charge in [0, 0.05) is 18.6 Å². The Morgan fingerprint density at radius 1 is 1.79 bits per heavy atom. The van der Waals surface area contributed by atoms with E-state index in [-0.39, 0.29) is 12.1 Å². The third-order valence-corrected chi connectivity index (χ3v) is 3.22. The molecule has 5 nitrogen and oxygen atoms in total. The van der Waals surface area contributed by atoms with Crippen LogP contribution in [0.25, 0.3) is 0 Å². The average Bonchev–Trinajstić information content (AvgIpc) is 2.65. The molecule has 0 aromatic carbocycles. The highest BCUT2D eigenvalue weighted by Gasteiger charge is 2.24. The molecule has 2 N–H and O–H groups in total. The second-order valence-corrected chi connectivity index (χ2v) is 4.42. The molecule has 2 atom stereocenters. The Labute approximate surface area is 87.0 Å². The van der Waals surface area contributed by atoms with Crippen LogP contribution in [0.5, 0.6) is 0 Å². The Balaban J connectivity index is 2.03. The number of aryl methyl sites for hydroxylation is 1. The van der Waals surface area contributed by atoms with E-state index >= 15 is 0 Å². The Morgan fingerprint density at radius 2 is 2.64 bits per heavy atom. The Kier molecular flexibility index (Phi) is 3.05. The summed E-state index contributed by atoms with van der Waals surface area (Å²) in [5.74, 6) is 2.00. The van der Waals surface area contributed by atoms with Crippen molar-refractivity contribution in [1.82, 2.24) is 15.0 Å². The fraction of sp³-hybridized carbons (Fsp3) is 0.750. The van der Waals surface area contributed by atoms with Crippen molar-refractivity contribution in [2.75, 3.05) is 18.1 Å². The summed E-state index contributed by atoms with van der Waals surface area (Å²) in [5, 5.41) is 8.17. The topological polar surface area (TPSA) is 66.0 Å². The van der Waals surface area contributed by atoms with Crippen LogP contribution in [-0.2, 0) is 11.8 Å². The van der Waals surface area contributed by atoms with E-state index < -0.39 is 0 Å². The lowest BCUT2D eigenvalue weighted by molar-refractivity contribution is 0.0558. The van der Waals surface area contributed by atoms with Crippen LogP contribution in [0.1, 0.15) is 11.7 Å². The largest absolute Gasteiger partial charge is 0.374 e. The van der Waals surface area contributed by atoms with Gasteiger partial charge in [0.1, 0.15) is 5.69 Å². The van der Waals surface area contributed by atoms with Crippen LogP contribution < -0.4 is 5.73 Å². The van der Waals surface area contributed by atoms with E-state index in [2.05, 4.69) is 10.2 Å². The summed E-state index contributed by atoms with van der Waals surface area (Å²) in [6, 6.07) is -0.156. The molecule has 2 heterocycles. The van der Waals surface area contributed by atoms with Gasteiger partial charge in [-0.2, -0.15) is 26.8 Å². The number of nitrogens with two attached hydrogens (primary N) is 1. The van der Waals surface area contributed by atoms with Crippen LogP contribution >= 0.6 is 11.8 Å². The summed E-state index contributed by atoms with van der Waals surface area (Å²) in [5.41, 5.74) is 6.83. The van der Waals surface area contributed by atoms with Crippen molar-refractivity contribution in [2.45, 2.75) is 12.1 Å². The average molecular weight is 214 g/mol. The van der Waals surface area contributed by atoms with Gasteiger partial charge < -0.3 is 10.5 Å². The molecule has 1 fully saturated rings. The zero-order valence-electron chi connectivity index (χ0n) is 8.09. The summed E-state index contributed by atoms with van der Waals surface area (Å²) >= 11 is 1.87. The second kappa shape index (κ2) is 4.29. The molecule has 1 aromatic heterocycles. The molecule has 1 aliphatic rings. The minimum absolute atomic E-state index is 0.0745. The minimum Gasteiger partial charge on any atom is -0.374 e. The zero-order valence-corrected chi connectivity index (χ0v) is 8.91. The summed E-state index contributed by atoms with van der Waals surface area (Å²) < 4.78 is 5.58. The van der Waals surface area contributed by atoms with Crippen LogP contribution in [0, 0.1) is 0 Å². The molecule has 1 aliphatic heterocycles. The van der Waals surface area contributed by atoms with Crippen molar-refractivity contribution in [3.8, 4) is 0 Å². The predicted octanol–water partition coefficient (Wildman–Crippen LogP) is -0.0531. The fourth-order valence-electron chi connectivity index (χ4n) is 1.42. The maximum absolute atomic E-state index is 6.03. The van der Waals surface area contributed by atoms with Gasteiger partial charge in [-0.3, -0.25) is 0 Å². The molecule has 2 rings (SSSR count). The summed E-state index contributed by atoms with van der Waals surface area (Å²) in [6.07, 6.45) is 1.78. The maximum atomic E-state index is 6.03. The van der Waals surface area contributed by atoms with Gasteiger partial charge in [-0.1, -0.05) is 0 Å². The normalized spacial score (nSPS) is 24.9. The number of aromatic nitrogens is 3. The van der Waals surface area contributed by atoms with Crippen LogP contribution in [0.2, 0.25) is 0 Å². The van der Waals surface area contributed by atoms with Gasteiger partial charge in [0.05, 0.1) is 24.9 Å². The summed E-state index contributed by atoms with van der Waals surface area (Å²) in [7, 11) is 1.78. The highest BCUT2D eigenvalue weighted by atomic mass is 32.2. The van der Waals surface area contributed by atoms with Crippen molar-refractivity contribution in [3.63, 3.8) is 0 Å². The van der Waals surface area contributed by atoms with Gasteiger partial charge >= 0.3 is 0 Å². The SMILES string of the molecule is Cn1ncc(C(N)C2CSCCO2)n1. The molecule has 0 saturated carbocycles. The molecule has 0 radical (unpaired) electrons. The highest BCUT2D eigenvalue weighted by Crippen LogP contribution is 2.21. The van der Waals surface area contributed by atoms with E-state index in [9.17, 15) is 0 Å². The van der Waals surface area contributed by atoms with Gasteiger partial charge in [0.2, 0.25) is 0 Å². The number of ether oxygens (including phenoxy) is 1. The van der Waals surface area contributed by atoms with E-state index in [4.69, 9.17) is 10.5 Å². The smallest absolute Gasteiger partial charge is 0.102 e. The molecule has 14 heavy (non-hydrogen) atoms. The third-order valence-electron chi connectivity index (χ3n) is 2.20. The molecule has 6 heteroatoms. The van der Waals surface area contributed by atoms with E-state index in [1.54, 1.807) is 13.2 Å². The molecule has 0 aliphatic carbocycles.